The lowest BCUT2D eigenvalue weighted by Gasteiger charge is -2.13. The summed E-state index contributed by atoms with van der Waals surface area (Å²) in [6.07, 6.45) is 2.00. The Bertz CT molecular complexity index is 555. The van der Waals surface area contributed by atoms with Gasteiger partial charge in [0.15, 0.2) is 0 Å². The highest BCUT2D eigenvalue weighted by Crippen LogP contribution is 2.24. The van der Waals surface area contributed by atoms with Crippen LogP contribution in [0.25, 0.3) is 6.08 Å². The minimum atomic E-state index is -0.530. The fourth-order valence-electron chi connectivity index (χ4n) is 1.88. The maximum atomic E-state index is 11.8. The number of ether oxygens (including phenoxy) is 1. The van der Waals surface area contributed by atoms with Gasteiger partial charge in [0.05, 0.1) is 7.11 Å². The zero-order valence-electron chi connectivity index (χ0n) is 9.93. The van der Waals surface area contributed by atoms with Crippen molar-refractivity contribution in [3.05, 3.63) is 41.0 Å². The number of hydrogen-bond donors (Lipinski definition) is 0. The van der Waals surface area contributed by atoms with Crippen molar-refractivity contribution in [2.75, 3.05) is 7.11 Å². The van der Waals surface area contributed by atoms with E-state index in [1.54, 1.807) is 30.3 Å². The number of allylic oxidation sites excluding steroid dienone is 1. The molecule has 0 N–H and O–H groups in total. The molecule has 1 aromatic carbocycles. The third kappa shape index (κ3) is 2.22. The van der Waals surface area contributed by atoms with Crippen LogP contribution in [0.4, 0.5) is 0 Å². The lowest BCUT2D eigenvalue weighted by atomic mass is 9.88. The van der Waals surface area contributed by atoms with E-state index in [-0.39, 0.29) is 12.8 Å². The van der Waals surface area contributed by atoms with E-state index in [1.807, 2.05) is 0 Å². The van der Waals surface area contributed by atoms with Gasteiger partial charge in [-0.05, 0) is 18.1 Å². The Kier molecular flexibility index (Phi) is 3.37. The number of Topliss-reactive ketones (excluding diaryl/α,β-unsaturated/α-hetero) is 2. The van der Waals surface area contributed by atoms with Crippen LogP contribution in [0.15, 0.2) is 29.8 Å². The van der Waals surface area contributed by atoms with Crippen LogP contribution >= 0.6 is 0 Å². The Hall–Kier alpha value is -2.23. The summed E-state index contributed by atoms with van der Waals surface area (Å²) in [5.41, 5.74) is 1.51. The Morgan fingerprint density at radius 2 is 1.89 bits per heavy atom. The van der Waals surface area contributed by atoms with Crippen molar-refractivity contribution in [2.24, 2.45) is 0 Å². The maximum absolute atomic E-state index is 11.8. The Balaban J connectivity index is 2.27. The van der Waals surface area contributed by atoms with Gasteiger partial charge in [-0.15, -0.1) is 0 Å². The molecule has 0 aromatic heterocycles. The molecule has 1 aromatic rings. The minimum Gasteiger partial charge on any atom is -0.469 e. The van der Waals surface area contributed by atoms with E-state index in [0.29, 0.717) is 11.1 Å². The first-order valence-corrected chi connectivity index (χ1v) is 5.59. The van der Waals surface area contributed by atoms with Gasteiger partial charge in [0, 0.05) is 17.6 Å². The van der Waals surface area contributed by atoms with Gasteiger partial charge in [-0.2, -0.15) is 0 Å². The zero-order chi connectivity index (χ0) is 13.1. The van der Waals surface area contributed by atoms with Gasteiger partial charge >= 0.3 is 5.97 Å². The molecule has 1 aliphatic rings. The van der Waals surface area contributed by atoms with Crippen LogP contribution in [-0.4, -0.2) is 24.6 Å². The van der Waals surface area contributed by atoms with Gasteiger partial charge in [-0.25, -0.2) is 0 Å². The van der Waals surface area contributed by atoms with E-state index >= 15 is 0 Å². The quantitative estimate of drug-likeness (QED) is 0.600. The van der Waals surface area contributed by atoms with Gasteiger partial charge < -0.3 is 4.74 Å². The molecule has 0 aliphatic heterocycles. The summed E-state index contributed by atoms with van der Waals surface area (Å²) >= 11 is 0. The topological polar surface area (TPSA) is 60.4 Å². The summed E-state index contributed by atoms with van der Waals surface area (Å²) < 4.78 is 4.51. The van der Waals surface area contributed by atoms with Crippen LogP contribution in [0, 0.1) is 0 Å². The van der Waals surface area contributed by atoms with Crippen molar-refractivity contribution in [3.8, 4) is 0 Å². The second-order valence-electron chi connectivity index (χ2n) is 3.99. The molecule has 92 valence electrons. The highest BCUT2D eigenvalue weighted by atomic mass is 16.5. The first-order valence-electron chi connectivity index (χ1n) is 5.59. The van der Waals surface area contributed by atoms with E-state index in [2.05, 4.69) is 4.74 Å². The molecule has 0 amide bonds. The summed E-state index contributed by atoms with van der Waals surface area (Å²) in [6, 6.07) is 6.93. The van der Waals surface area contributed by atoms with Crippen LogP contribution in [0.5, 0.6) is 0 Å². The number of methoxy groups -OCH3 is 1. The van der Waals surface area contributed by atoms with Gasteiger partial charge in [0.1, 0.15) is 0 Å². The Morgan fingerprint density at radius 3 is 2.61 bits per heavy atom. The number of esters is 1. The molecule has 0 saturated carbocycles. The van der Waals surface area contributed by atoms with E-state index in [4.69, 9.17) is 0 Å². The fraction of sp³-hybridized carbons (Fsp3) is 0.214. The zero-order valence-corrected chi connectivity index (χ0v) is 9.93. The van der Waals surface area contributed by atoms with Crippen LogP contribution in [0.2, 0.25) is 0 Å². The average molecular weight is 244 g/mol. The number of carbonyl (C=O) groups excluding carboxylic acids is 3. The predicted molar refractivity (Wildman–Crippen MR) is 65.0 cm³/mol. The molecule has 0 saturated heterocycles. The third-order valence-corrected chi connectivity index (χ3v) is 2.86. The van der Waals surface area contributed by atoms with Crippen LogP contribution < -0.4 is 0 Å². The van der Waals surface area contributed by atoms with Crippen LogP contribution in [-0.2, 0) is 14.3 Å². The molecular formula is C14H12O4. The average Bonchev–Trinajstić information content (AvgIpc) is 2.41. The Labute approximate surface area is 104 Å². The van der Waals surface area contributed by atoms with E-state index in [0.717, 1.165) is 5.56 Å². The molecule has 0 unspecified atom stereocenters. The summed E-state index contributed by atoms with van der Waals surface area (Å²) in [6.45, 7) is 0. The second kappa shape index (κ2) is 4.96. The normalized spacial score (nSPS) is 13.9. The molecule has 4 nitrogen and oxygen atoms in total. The number of fused-ring (bicyclic) bond motifs is 1. The maximum Gasteiger partial charge on any atom is 0.305 e. The molecule has 0 bridgehead atoms. The van der Waals surface area contributed by atoms with Gasteiger partial charge in [-0.1, -0.05) is 24.3 Å². The molecule has 0 radical (unpaired) electrons. The van der Waals surface area contributed by atoms with Crippen molar-refractivity contribution in [3.63, 3.8) is 0 Å². The molecule has 1 aliphatic carbocycles. The fourth-order valence-corrected chi connectivity index (χ4v) is 1.88. The van der Waals surface area contributed by atoms with Crippen molar-refractivity contribution in [1.29, 1.82) is 0 Å². The number of hydrogen-bond acceptors (Lipinski definition) is 4. The van der Waals surface area contributed by atoms with Crippen LogP contribution in [0.3, 0.4) is 0 Å². The lowest BCUT2D eigenvalue weighted by molar-refractivity contribution is -0.140. The van der Waals surface area contributed by atoms with E-state index < -0.39 is 17.5 Å². The number of benzene rings is 1. The SMILES string of the molecule is COC(=O)CCC1=Cc2ccccc2C(=O)C1=O. The third-order valence-electron chi connectivity index (χ3n) is 2.86. The van der Waals surface area contributed by atoms with Crippen molar-refractivity contribution in [2.45, 2.75) is 12.8 Å². The summed E-state index contributed by atoms with van der Waals surface area (Å²) in [5, 5.41) is 0. The molecule has 2 rings (SSSR count). The van der Waals surface area contributed by atoms with E-state index in [1.165, 1.54) is 7.11 Å². The van der Waals surface area contributed by atoms with Crippen LogP contribution in [0.1, 0.15) is 28.8 Å². The van der Waals surface area contributed by atoms with Crippen molar-refractivity contribution in [1.82, 2.24) is 0 Å². The lowest BCUT2D eigenvalue weighted by Crippen LogP contribution is -2.21. The van der Waals surface area contributed by atoms with E-state index in [9.17, 15) is 14.4 Å². The minimum absolute atomic E-state index is 0.101. The smallest absolute Gasteiger partial charge is 0.305 e. The predicted octanol–water partition coefficient (Wildman–Crippen LogP) is 1.79. The molecular weight excluding hydrogens is 232 g/mol. The van der Waals surface area contributed by atoms with Crippen molar-refractivity contribution >= 4 is 23.6 Å². The van der Waals surface area contributed by atoms with Crippen molar-refractivity contribution < 1.29 is 19.1 Å². The molecule has 0 atom stereocenters. The number of carbonyl (C=O) groups is 3. The highest BCUT2D eigenvalue weighted by Gasteiger charge is 2.27. The van der Waals surface area contributed by atoms with Gasteiger partial charge in [0.2, 0.25) is 11.6 Å². The summed E-state index contributed by atoms with van der Waals surface area (Å²) in [5.74, 6) is -1.43. The number of rotatable bonds is 3. The monoisotopic (exact) mass is 244 g/mol. The van der Waals surface area contributed by atoms with Gasteiger partial charge in [0.25, 0.3) is 0 Å². The summed E-state index contributed by atoms with van der Waals surface area (Å²) in [7, 11) is 1.29. The molecule has 0 fully saturated rings. The Morgan fingerprint density at radius 1 is 1.17 bits per heavy atom. The molecule has 4 heteroatoms. The second-order valence-corrected chi connectivity index (χ2v) is 3.99. The highest BCUT2D eigenvalue weighted by molar-refractivity contribution is 6.51. The number of ketones is 2. The molecule has 0 spiro atoms. The molecule has 0 heterocycles. The first kappa shape index (κ1) is 12.2. The standard InChI is InChI=1S/C14H12O4/c1-18-12(15)7-6-10-8-9-4-2-3-5-11(9)14(17)13(10)16/h2-5,8H,6-7H2,1H3. The summed E-state index contributed by atoms with van der Waals surface area (Å²) in [4.78, 5) is 34.7. The largest absolute Gasteiger partial charge is 0.469 e. The first-order chi connectivity index (χ1) is 8.63. The van der Waals surface area contributed by atoms with Gasteiger partial charge in [-0.3, -0.25) is 14.4 Å². The molecule has 18 heavy (non-hydrogen) atoms.